The van der Waals surface area contributed by atoms with E-state index in [1.54, 1.807) is 0 Å². The lowest BCUT2D eigenvalue weighted by atomic mass is 10.1. The second-order valence-corrected chi connectivity index (χ2v) is 6.78. The standard InChI is InChI=1S/C16H15BrO2S/c1-11-5-7-14(8-6-11)20-15(16(18)19)10-12-3-2-4-13(17)9-12/h2-9,15H,10H2,1H3,(H,18,19)/t15-/m1/s1. The van der Waals surface area contributed by atoms with E-state index in [-0.39, 0.29) is 0 Å². The van der Waals surface area contributed by atoms with Crippen molar-refractivity contribution in [2.24, 2.45) is 0 Å². The minimum Gasteiger partial charge on any atom is -0.480 e. The van der Waals surface area contributed by atoms with Crippen LogP contribution >= 0.6 is 27.7 Å². The van der Waals surface area contributed by atoms with Gasteiger partial charge in [-0.1, -0.05) is 45.8 Å². The van der Waals surface area contributed by atoms with Crippen LogP contribution in [0.3, 0.4) is 0 Å². The van der Waals surface area contributed by atoms with E-state index < -0.39 is 11.2 Å². The zero-order valence-corrected chi connectivity index (χ0v) is 13.4. The number of aryl methyl sites for hydroxylation is 1. The molecule has 0 radical (unpaired) electrons. The van der Waals surface area contributed by atoms with Crippen LogP contribution in [0.25, 0.3) is 0 Å². The Morgan fingerprint density at radius 1 is 1.25 bits per heavy atom. The average molecular weight is 351 g/mol. The van der Waals surface area contributed by atoms with Crippen LogP contribution in [0, 0.1) is 6.92 Å². The first kappa shape index (κ1) is 15.1. The lowest BCUT2D eigenvalue weighted by molar-refractivity contribution is -0.136. The number of carbonyl (C=O) groups is 1. The molecule has 20 heavy (non-hydrogen) atoms. The molecule has 0 unspecified atom stereocenters. The normalized spacial score (nSPS) is 12.1. The summed E-state index contributed by atoms with van der Waals surface area (Å²) in [6, 6.07) is 15.7. The first-order chi connectivity index (χ1) is 9.54. The molecule has 0 saturated heterocycles. The van der Waals surface area contributed by atoms with Gasteiger partial charge >= 0.3 is 5.97 Å². The van der Waals surface area contributed by atoms with E-state index in [4.69, 9.17) is 0 Å². The summed E-state index contributed by atoms with van der Waals surface area (Å²) < 4.78 is 0.972. The highest BCUT2D eigenvalue weighted by Crippen LogP contribution is 2.27. The van der Waals surface area contributed by atoms with E-state index in [1.165, 1.54) is 17.3 Å². The molecular weight excluding hydrogens is 336 g/mol. The van der Waals surface area contributed by atoms with Crippen LogP contribution in [0.4, 0.5) is 0 Å². The third kappa shape index (κ3) is 4.39. The number of carboxylic acids is 1. The molecule has 0 fully saturated rings. The Morgan fingerprint density at radius 3 is 2.55 bits per heavy atom. The van der Waals surface area contributed by atoms with Gasteiger partial charge in [0.25, 0.3) is 0 Å². The molecule has 104 valence electrons. The molecule has 0 spiro atoms. The van der Waals surface area contributed by atoms with Gasteiger partial charge in [0, 0.05) is 9.37 Å². The Labute approximate surface area is 131 Å². The topological polar surface area (TPSA) is 37.3 Å². The molecule has 4 heteroatoms. The molecular formula is C16H15BrO2S. The number of hydrogen-bond acceptors (Lipinski definition) is 2. The Morgan fingerprint density at radius 2 is 1.95 bits per heavy atom. The molecule has 0 saturated carbocycles. The zero-order chi connectivity index (χ0) is 14.5. The fraction of sp³-hybridized carbons (Fsp3) is 0.188. The lowest BCUT2D eigenvalue weighted by Crippen LogP contribution is -2.19. The summed E-state index contributed by atoms with van der Waals surface area (Å²) in [7, 11) is 0. The number of hydrogen-bond donors (Lipinski definition) is 1. The molecule has 0 aromatic heterocycles. The van der Waals surface area contributed by atoms with Gasteiger partial charge in [-0.15, -0.1) is 11.8 Å². The Kier molecular flexibility index (Phi) is 5.26. The minimum atomic E-state index is -0.782. The van der Waals surface area contributed by atoms with Gasteiger partial charge in [0.15, 0.2) is 0 Å². The summed E-state index contributed by atoms with van der Waals surface area (Å²) in [5.41, 5.74) is 2.19. The third-order valence-electron chi connectivity index (χ3n) is 2.88. The van der Waals surface area contributed by atoms with Crippen molar-refractivity contribution in [3.63, 3.8) is 0 Å². The van der Waals surface area contributed by atoms with Crippen molar-refractivity contribution in [1.29, 1.82) is 0 Å². The van der Waals surface area contributed by atoms with Crippen molar-refractivity contribution in [1.82, 2.24) is 0 Å². The summed E-state index contributed by atoms with van der Waals surface area (Å²) in [4.78, 5) is 12.4. The van der Waals surface area contributed by atoms with Gasteiger partial charge in [-0.05, 0) is 43.2 Å². The summed E-state index contributed by atoms with van der Waals surface area (Å²) >= 11 is 4.80. The van der Waals surface area contributed by atoms with Crippen LogP contribution in [-0.2, 0) is 11.2 Å². The molecule has 2 aromatic rings. The van der Waals surface area contributed by atoms with Gasteiger partial charge in [0.1, 0.15) is 5.25 Å². The van der Waals surface area contributed by atoms with E-state index in [0.717, 1.165) is 14.9 Å². The monoisotopic (exact) mass is 350 g/mol. The largest absolute Gasteiger partial charge is 0.480 e. The first-order valence-electron chi connectivity index (χ1n) is 6.25. The molecule has 0 aliphatic rings. The van der Waals surface area contributed by atoms with Gasteiger partial charge in [-0.25, -0.2) is 0 Å². The lowest BCUT2D eigenvalue weighted by Gasteiger charge is -2.12. The van der Waals surface area contributed by atoms with Gasteiger partial charge in [-0.3, -0.25) is 4.79 Å². The molecule has 0 heterocycles. The maximum atomic E-state index is 11.4. The van der Waals surface area contributed by atoms with Crippen LogP contribution in [0.2, 0.25) is 0 Å². The zero-order valence-electron chi connectivity index (χ0n) is 11.0. The fourth-order valence-electron chi connectivity index (χ4n) is 1.84. The van der Waals surface area contributed by atoms with Crippen molar-refractivity contribution in [2.75, 3.05) is 0 Å². The van der Waals surface area contributed by atoms with Crippen molar-refractivity contribution < 1.29 is 9.90 Å². The minimum absolute atomic E-state index is 0.480. The summed E-state index contributed by atoms with van der Waals surface area (Å²) in [5, 5.41) is 8.91. The van der Waals surface area contributed by atoms with Crippen molar-refractivity contribution in [3.05, 3.63) is 64.1 Å². The number of halogens is 1. The fourth-order valence-corrected chi connectivity index (χ4v) is 3.28. The Balaban J connectivity index is 2.11. The number of rotatable bonds is 5. The molecule has 0 aliphatic heterocycles. The van der Waals surface area contributed by atoms with Crippen LogP contribution in [-0.4, -0.2) is 16.3 Å². The summed E-state index contributed by atoms with van der Waals surface area (Å²) in [6.45, 7) is 2.02. The maximum absolute atomic E-state index is 11.4. The predicted molar refractivity (Wildman–Crippen MR) is 86.3 cm³/mol. The number of carboxylic acid groups (broad SMARTS) is 1. The quantitative estimate of drug-likeness (QED) is 0.804. The predicted octanol–water partition coefficient (Wildman–Crippen LogP) is 4.55. The molecule has 0 amide bonds. The van der Waals surface area contributed by atoms with Crippen LogP contribution in [0.5, 0.6) is 0 Å². The third-order valence-corrected chi connectivity index (χ3v) is 4.58. The Bertz CT molecular complexity index is 596. The second kappa shape index (κ2) is 6.95. The van der Waals surface area contributed by atoms with Gasteiger partial charge in [-0.2, -0.15) is 0 Å². The molecule has 1 N–H and O–H groups in total. The van der Waals surface area contributed by atoms with E-state index in [0.29, 0.717) is 6.42 Å². The van der Waals surface area contributed by atoms with E-state index in [2.05, 4.69) is 15.9 Å². The molecule has 0 bridgehead atoms. The number of aliphatic carboxylic acids is 1. The smallest absolute Gasteiger partial charge is 0.317 e. The molecule has 2 rings (SSSR count). The SMILES string of the molecule is Cc1ccc(S[C@H](Cc2cccc(Br)c2)C(=O)O)cc1. The van der Waals surface area contributed by atoms with Gasteiger partial charge in [0.05, 0.1) is 0 Å². The second-order valence-electron chi connectivity index (χ2n) is 4.59. The first-order valence-corrected chi connectivity index (χ1v) is 7.92. The highest BCUT2D eigenvalue weighted by atomic mass is 79.9. The molecule has 2 aromatic carbocycles. The highest BCUT2D eigenvalue weighted by Gasteiger charge is 2.19. The average Bonchev–Trinajstić information content (AvgIpc) is 2.40. The van der Waals surface area contributed by atoms with Gasteiger partial charge in [0.2, 0.25) is 0 Å². The molecule has 2 nitrogen and oxygen atoms in total. The summed E-state index contributed by atoms with van der Waals surface area (Å²) in [5.74, 6) is -0.782. The summed E-state index contributed by atoms with van der Waals surface area (Å²) in [6.07, 6.45) is 0.507. The van der Waals surface area contributed by atoms with Crippen LogP contribution in [0.1, 0.15) is 11.1 Å². The van der Waals surface area contributed by atoms with E-state index >= 15 is 0 Å². The highest BCUT2D eigenvalue weighted by molar-refractivity contribution is 9.10. The van der Waals surface area contributed by atoms with E-state index in [1.807, 2.05) is 55.5 Å². The van der Waals surface area contributed by atoms with Gasteiger partial charge < -0.3 is 5.11 Å². The Hall–Kier alpha value is -1.26. The molecule has 0 aliphatic carbocycles. The van der Waals surface area contributed by atoms with E-state index in [9.17, 15) is 9.90 Å². The van der Waals surface area contributed by atoms with Crippen molar-refractivity contribution in [3.8, 4) is 0 Å². The maximum Gasteiger partial charge on any atom is 0.317 e. The number of thioether (sulfide) groups is 1. The number of benzene rings is 2. The van der Waals surface area contributed by atoms with Crippen LogP contribution in [0.15, 0.2) is 57.9 Å². The van der Waals surface area contributed by atoms with Crippen molar-refractivity contribution in [2.45, 2.75) is 23.5 Å². The van der Waals surface area contributed by atoms with Crippen LogP contribution < -0.4 is 0 Å². The van der Waals surface area contributed by atoms with Crippen molar-refractivity contribution >= 4 is 33.7 Å². The molecule has 1 atom stereocenters.